The normalized spacial score (nSPS) is 13.8. The molecule has 0 fully saturated rings. The Hall–Kier alpha value is -2.22. The van der Waals surface area contributed by atoms with Gasteiger partial charge in [0.05, 0.1) is 12.7 Å². The number of nitrogens with zero attached hydrogens (tertiary/aromatic N) is 2. The largest absolute Gasteiger partial charge is 0.184 e. The van der Waals surface area contributed by atoms with E-state index in [1.165, 1.54) is 22.3 Å². The Morgan fingerprint density at radius 3 is 2.00 bits per heavy atom. The van der Waals surface area contributed by atoms with Gasteiger partial charge in [-0.2, -0.15) is 10.2 Å². The second-order valence-electron chi connectivity index (χ2n) is 4.01. The van der Waals surface area contributed by atoms with E-state index in [2.05, 4.69) is 58.8 Å². The average molecular weight is 220 g/mol. The van der Waals surface area contributed by atoms with Gasteiger partial charge in [0.15, 0.2) is 0 Å². The summed E-state index contributed by atoms with van der Waals surface area (Å²) in [7, 11) is 0. The molecule has 0 spiro atoms. The van der Waals surface area contributed by atoms with Crippen LogP contribution in [0.25, 0.3) is 16.7 Å². The molecule has 17 heavy (non-hydrogen) atoms. The van der Waals surface area contributed by atoms with E-state index in [4.69, 9.17) is 0 Å². The maximum Gasteiger partial charge on any atom is 0.0874 e. The lowest BCUT2D eigenvalue weighted by Gasteiger charge is -2.04. The monoisotopic (exact) mass is 220 g/mol. The molecule has 0 aliphatic carbocycles. The highest BCUT2D eigenvalue weighted by Gasteiger charge is 2.05. The molecular weight excluding hydrogens is 208 g/mol. The standard InChI is InChI=1S/C15H12N2/c1-2-4-12(5-3-1)13-6-8-14(9-7-13)15-10-16-17-11-15/h1-10H,11H2. The van der Waals surface area contributed by atoms with Crippen molar-refractivity contribution in [1.29, 1.82) is 0 Å². The summed E-state index contributed by atoms with van der Waals surface area (Å²) in [6, 6.07) is 18.9. The van der Waals surface area contributed by atoms with Gasteiger partial charge in [-0.25, -0.2) is 0 Å². The molecule has 1 heterocycles. The lowest BCUT2D eigenvalue weighted by atomic mass is 10.0. The Bertz CT molecular complexity index is 566. The predicted octanol–water partition coefficient (Wildman–Crippen LogP) is 4.16. The summed E-state index contributed by atoms with van der Waals surface area (Å²) < 4.78 is 0. The fourth-order valence-electron chi connectivity index (χ4n) is 1.94. The van der Waals surface area contributed by atoms with Crippen molar-refractivity contribution in [3.05, 3.63) is 66.4 Å². The number of rotatable bonds is 2. The molecule has 0 bridgehead atoms. The van der Waals surface area contributed by atoms with Crippen molar-refractivity contribution in [2.45, 2.75) is 0 Å². The lowest BCUT2D eigenvalue weighted by molar-refractivity contribution is 1.14. The van der Waals surface area contributed by atoms with E-state index in [0.717, 1.165) is 0 Å². The summed E-state index contributed by atoms with van der Waals surface area (Å²) >= 11 is 0. The van der Waals surface area contributed by atoms with Crippen molar-refractivity contribution in [3.8, 4) is 11.1 Å². The molecule has 1 aliphatic heterocycles. The van der Waals surface area contributed by atoms with Gasteiger partial charge >= 0.3 is 0 Å². The van der Waals surface area contributed by atoms with Crippen molar-refractivity contribution in [2.75, 3.05) is 6.54 Å². The zero-order chi connectivity index (χ0) is 11.5. The van der Waals surface area contributed by atoms with Crippen molar-refractivity contribution in [3.63, 3.8) is 0 Å². The van der Waals surface area contributed by atoms with E-state index in [1.54, 1.807) is 0 Å². The van der Waals surface area contributed by atoms with Crippen molar-refractivity contribution in [1.82, 2.24) is 0 Å². The summed E-state index contributed by atoms with van der Waals surface area (Å²) in [6.07, 6.45) is 1.83. The van der Waals surface area contributed by atoms with Gasteiger partial charge in [0, 0.05) is 5.57 Å². The Kier molecular flexibility index (Phi) is 2.54. The van der Waals surface area contributed by atoms with E-state index >= 15 is 0 Å². The minimum Gasteiger partial charge on any atom is -0.184 e. The molecule has 82 valence electrons. The van der Waals surface area contributed by atoms with Crippen molar-refractivity contribution in [2.24, 2.45) is 10.2 Å². The van der Waals surface area contributed by atoms with E-state index in [0.29, 0.717) is 6.54 Å². The SMILES string of the molecule is C1=C(c2ccc(-c3ccccc3)cc2)CN=N1. The second-order valence-corrected chi connectivity index (χ2v) is 4.01. The van der Waals surface area contributed by atoms with Crippen LogP contribution in [0.1, 0.15) is 5.56 Å². The van der Waals surface area contributed by atoms with Crippen LogP contribution >= 0.6 is 0 Å². The van der Waals surface area contributed by atoms with Crippen LogP contribution in [-0.2, 0) is 0 Å². The average Bonchev–Trinajstić information content (AvgIpc) is 2.94. The molecule has 0 saturated carbocycles. The minimum absolute atomic E-state index is 0.699. The van der Waals surface area contributed by atoms with E-state index in [9.17, 15) is 0 Å². The van der Waals surface area contributed by atoms with Gasteiger partial charge in [0.1, 0.15) is 0 Å². The number of hydrogen-bond acceptors (Lipinski definition) is 2. The zero-order valence-electron chi connectivity index (χ0n) is 9.38. The van der Waals surface area contributed by atoms with Gasteiger partial charge in [-0.1, -0.05) is 54.6 Å². The summed E-state index contributed by atoms with van der Waals surface area (Å²) in [4.78, 5) is 0. The third kappa shape index (κ3) is 2.02. The first-order chi connectivity index (χ1) is 8.43. The van der Waals surface area contributed by atoms with Crippen LogP contribution in [0.15, 0.2) is 71.0 Å². The van der Waals surface area contributed by atoms with Crippen LogP contribution in [0, 0.1) is 0 Å². The zero-order valence-corrected chi connectivity index (χ0v) is 9.38. The highest BCUT2D eigenvalue weighted by molar-refractivity contribution is 5.71. The molecule has 2 heteroatoms. The molecule has 0 saturated heterocycles. The molecule has 2 aromatic rings. The fraction of sp³-hybridized carbons (Fsp3) is 0.0667. The molecule has 0 atom stereocenters. The smallest absolute Gasteiger partial charge is 0.0874 e. The van der Waals surface area contributed by atoms with Gasteiger partial charge in [-0.05, 0) is 16.7 Å². The molecule has 0 aromatic heterocycles. The Balaban J connectivity index is 1.90. The topological polar surface area (TPSA) is 24.7 Å². The van der Waals surface area contributed by atoms with E-state index in [1.807, 2.05) is 12.3 Å². The molecule has 1 aliphatic rings. The van der Waals surface area contributed by atoms with Crippen LogP contribution in [0.4, 0.5) is 0 Å². The highest BCUT2D eigenvalue weighted by atomic mass is 15.1. The number of hydrogen-bond donors (Lipinski definition) is 0. The van der Waals surface area contributed by atoms with Crippen LogP contribution < -0.4 is 0 Å². The summed E-state index contributed by atoms with van der Waals surface area (Å²) in [5, 5.41) is 7.84. The number of azo groups is 1. The third-order valence-corrected chi connectivity index (χ3v) is 2.90. The first kappa shape index (κ1) is 9.97. The molecule has 0 radical (unpaired) electrons. The van der Waals surface area contributed by atoms with Crippen molar-refractivity contribution >= 4 is 5.57 Å². The molecule has 3 rings (SSSR count). The van der Waals surface area contributed by atoms with E-state index in [-0.39, 0.29) is 0 Å². The number of benzene rings is 2. The minimum atomic E-state index is 0.699. The Morgan fingerprint density at radius 1 is 0.706 bits per heavy atom. The summed E-state index contributed by atoms with van der Waals surface area (Å²) in [5.41, 5.74) is 4.87. The van der Waals surface area contributed by atoms with Crippen LogP contribution in [0.5, 0.6) is 0 Å². The van der Waals surface area contributed by atoms with E-state index < -0.39 is 0 Å². The molecule has 2 aromatic carbocycles. The maximum absolute atomic E-state index is 3.95. The molecular formula is C15H12N2. The van der Waals surface area contributed by atoms with Crippen molar-refractivity contribution < 1.29 is 0 Å². The van der Waals surface area contributed by atoms with Gasteiger partial charge in [0.2, 0.25) is 0 Å². The van der Waals surface area contributed by atoms with Crippen LogP contribution in [0.3, 0.4) is 0 Å². The lowest BCUT2D eigenvalue weighted by Crippen LogP contribution is -1.85. The van der Waals surface area contributed by atoms with Gasteiger partial charge in [-0.3, -0.25) is 0 Å². The van der Waals surface area contributed by atoms with Crippen LogP contribution in [0.2, 0.25) is 0 Å². The summed E-state index contributed by atoms with van der Waals surface area (Å²) in [6.45, 7) is 0.699. The third-order valence-electron chi connectivity index (χ3n) is 2.90. The maximum atomic E-state index is 3.95. The quantitative estimate of drug-likeness (QED) is 0.726. The molecule has 2 nitrogen and oxygen atoms in total. The molecule has 0 unspecified atom stereocenters. The fourth-order valence-corrected chi connectivity index (χ4v) is 1.94. The van der Waals surface area contributed by atoms with Gasteiger partial charge < -0.3 is 0 Å². The first-order valence-corrected chi connectivity index (χ1v) is 5.65. The summed E-state index contributed by atoms with van der Waals surface area (Å²) in [5.74, 6) is 0. The molecule has 0 N–H and O–H groups in total. The first-order valence-electron chi connectivity index (χ1n) is 5.65. The Morgan fingerprint density at radius 2 is 1.35 bits per heavy atom. The van der Waals surface area contributed by atoms with Crippen LogP contribution in [-0.4, -0.2) is 6.54 Å². The van der Waals surface area contributed by atoms with Gasteiger partial charge in [-0.15, -0.1) is 0 Å². The predicted molar refractivity (Wildman–Crippen MR) is 69.6 cm³/mol. The Labute approximate surface area is 100 Å². The second kappa shape index (κ2) is 4.34. The van der Waals surface area contributed by atoms with Gasteiger partial charge in [0.25, 0.3) is 0 Å². The molecule has 0 amide bonds. The highest BCUT2D eigenvalue weighted by Crippen LogP contribution is 2.24.